The number of aliphatic hydroxyl groups excluding tert-OH is 1. The molecule has 4 nitrogen and oxygen atoms in total. The van der Waals surface area contributed by atoms with Gasteiger partial charge in [0.2, 0.25) is 0 Å². The van der Waals surface area contributed by atoms with Crippen LogP contribution in [0, 0.1) is 13.8 Å². The maximum absolute atomic E-state index is 10.2. The number of ether oxygens (including phenoxy) is 1. The van der Waals surface area contributed by atoms with Gasteiger partial charge in [0.25, 0.3) is 0 Å². The van der Waals surface area contributed by atoms with E-state index in [0.29, 0.717) is 6.54 Å². The maximum Gasteiger partial charge on any atom is 0.0793 e. The van der Waals surface area contributed by atoms with E-state index in [0.717, 1.165) is 39.4 Å². The Labute approximate surface area is 128 Å². The number of hydrogen-bond donors (Lipinski definition) is 1. The first kappa shape index (κ1) is 16.4. The number of aliphatic hydroxyl groups is 1. The Bertz CT molecular complexity index is 444. The zero-order valence-corrected chi connectivity index (χ0v) is 13.5. The van der Waals surface area contributed by atoms with Crippen molar-refractivity contribution in [1.82, 2.24) is 9.80 Å². The minimum Gasteiger partial charge on any atom is -0.390 e. The van der Waals surface area contributed by atoms with Gasteiger partial charge in [-0.3, -0.25) is 9.80 Å². The second-order valence-corrected chi connectivity index (χ2v) is 6.12. The molecule has 1 aromatic carbocycles. The van der Waals surface area contributed by atoms with E-state index in [9.17, 15) is 5.11 Å². The molecular formula is C17H28N2O2. The van der Waals surface area contributed by atoms with Crippen LogP contribution in [0.25, 0.3) is 0 Å². The monoisotopic (exact) mass is 292 g/mol. The van der Waals surface area contributed by atoms with E-state index in [1.807, 2.05) is 0 Å². The van der Waals surface area contributed by atoms with Crippen LogP contribution in [0.3, 0.4) is 0 Å². The lowest BCUT2D eigenvalue weighted by Crippen LogP contribution is -2.44. The normalized spacial score (nSPS) is 18.1. The number of aryl methyl sites for hydroxylation is 1. The number of β-amino-alcohol motifs (C(OH)–C–C–N with tert-alkyl or cyclic N) is 1. The molecule has 1 atom stereocenters. The van der Waals surface area contributed by atoms with Crippen LogP contribution in [-0.2, 0) is 11.3 Å². The molecule has 1 aromatic rings. The minimum atomic E-state index is -0.307. The molecule has 1 N–H and O–H groups in total. The fraction of sp³-hybridized carbons (Fsp3) is 0.647. The Morgan fingerprint density at radius 1 is 1.29 bits per heavy atom. The van der Waals surface area contributed by atoms with Crippen LogP contribution in [0.15, 0.2) is 18.2 Å². The van der Waals surface area contributed by atoms with Gasteiger partial charge in [0.1, 0.15) is 0 Å². The van der Waals surface area contributed by atoms with E-state index in [-0.39, 0.29) is 6.10 Å². The smallest absolute Gasteiger partial charge is 0.0793 e. The average molecular weight is 292 g/mol. The van der Waals surface area contributed by atoms with Crippen molar-refractivity contribution in [3.05, 3.63) is 34.9 Å². The topological polar surface area (TPSA) is 35.9 Å². The molecule has 1 heterocycles. The molecule has 1 fully saturated rings. The van der Waals surface area contributed by atoms with Crippen LogP contribution >= 0.6 is 0 Å². The van der Waals surface area contributed by atoms with Crippen LogP contribution in [0.2, 0.25) is 0 Å². The number of hydrogen-bond acceptors (Lipinski definition) is 4. The summed E-state index contributed by atoms with van der Waals surface area (Å²) >= 11 is 0. The lowest BCUT2D eigenvalue weighted by Gasteiger charge is -2.30. The zero-order chi connectivity index (χ0) is 15.2. The molecule has 4 heteroatoms. The van der Waals surface area contributed by atoms with Gasteiger partial charge in [-0.25, -0.2) is 0 Å². The van der Waals surface area contributed by atoms with Crippen LogP contribution in [0.5, 0.6) is 0 Å². The number of nitrogens with zero attached hydrogens (tertiary/aromatic N) is 2. The van der Waals surface area contributed by atoms with Gasteiger partial charge in [0.15, 0.2) is 0 Å². The molecule has 21 heavy (non-hydrogen) atoms. The predicted molar refractivity (Wildman–Crippen MR) is 85.5 cm³/mol. The Hall–Kier alpha value is -0.940. The number of morpholine rings is 1. The fourth-order valence-electron chi connectivity index (χ4n) is 2.84. The highest BCUT2D eigenvalue weighted by atomic mass is 16.5. The van der Waals surface area contributed by atoms with Crippen LogP contribution < -0.4 is 0 Å². The average Bonchev–Trinajstić information content (AvgIpc) is 2.44. The van der Waals surface area contributed by atoms with Crippen molar-refractivity contribution >= 4 is 0 Å². The molecular weight excluding hydrogens is 264 g/mol. The van der Waals surface area contributed by atoms with Crippen molar-refractivity contribution in [1.29, 1.82) is 0 Å². The van der Waals surface area contributed by atoms with E-state index < -0.39 is 0 Å². The lowest BCUT2D eigenvalue weighted by atomic mass is 10.0. The summed E-state index contributed by atoms with van der Waals surface area (Å²) < 4.78 is 5.33. The standard InChI is InChI=1S/C17H28N2O2/c1-14-5-4-6-16(15(14)2)11-18(3)12-17(20)13-19-7-9-21-10-8-19/h4-6,17,20H,7-13H2,1-3H3. The van der Waals surface area contributed by atoms with E-state index in [1.54, 1.807) is 0 Å². The second-order valence-electron chi connectivity index (χ2n) is 6.12. The number of likely N-dealkylation sites (N-methyl/N-ethyl adjacent to an activating group) is 1. The molecule has 0 amide bonds. The summed E-state index contributed by atoms with van der Waals surface area (Å²) in [5, 5.41) is 10.2. The highest BCUT2D eigenvalue weighted by molar-refractivity contribution is 5.32. The van der Waals surface area contributed by atoms with Gasteiger partial charge in [0, 0.05) is 32.7 Å². The highest BCUT2D eigenvalue weighted by Gasteiger charge is 2.16. The molecule has 1 saturated heterocycles. The highest BCUT2D eigenvalue weighted by Crippen LogP contribution is 2.14. The van der Waals surface area contributed by atoms with Gasteiger partial charge in [-0.05, 0) is 37.6 Å². The molecule has 1 aliphatic rings. The van der Waals surface area contributed by atoms with Gasteiger partial charge in [-0.2, -0.15) is 0 Å². The maximum atomic E-state index is 10.2. The predicted octanol–water partition coefficient (Wildman–Crippen LogP) is 1.43. The summed E-state index contributed by atoms with van der Waals surface area (Å²) in [6.07, 6.45) is -0.307. The molecule has 0 aliphatic carbocycles. The molecule has 2 rings (SSSR count). The van der Waals surface area contributed by atoms with E-state index in [1.165, 1.54) is 16.7 Å². The van der Waals surface area contributed by atoms with Gasteiger partial charge < -0.3 is 9.84 Å². The first-order valence-electron chi connectivity index (χ1n) is 7.78. The minimum absolute atomic E-state index is 0.307. The van der Waals surface area contributed by atoms with E-state index in [4.69, 9.17) is 4.74 Å². The summed E-state index contributed by atoms with van der Waals surface area (Å²) in [7, 11) is 2.07. The third kappa shape index (κ3) is 5.08. The third-order valence-corrected chi connectivity index (χ3v) is 4.25. The largest absolute Gasteiger partial charge is 0.390 e. The summed E-state index contributed by atoms with van der Waals surface area (Å²) in [6, 6.07) is 6.43. The molecule has 0 radical (unpaired) electrons. The van der Waals surface area contributed by atoms with Gasteiger partial charge in [-0.1, -0.05) is 18.2 Å². The Balaban J connectivity index is 1.80. The quantitative estimate of drug-likeness (QED) is 0.860. The van der Waals surface area contributed by atoms with Crippen molar-refractivity contribution < 1.29 is 9.84 Å². The van der Waals surface area contributed by atoms with Crippen LogP contribution in [0.1, 0.15) is 16.7 Å². The van der Waals surface area contributed by atoms with Crippen LogP contribution in [0.4, 0.5) is 0 Å². The van der Waals surface area contributed by atoms with Gasteiger partial charge in [0.05, 0.1) is 19.3 Å². The van der Waals surface area contributed by atoms with Crippen molar-refractivity contribution in [2.45, 2.75) is 26.5 Å². The molecule has 0 spiro atoms. The number of rotatable bonds is 6. The molecule has 0 saturated carbocycles. The lowest BCUT2D eigenvalue weighted by molar-refractivity contribution is 0.00824. The Morgan fingerprint density at radius 2 is 2.00 bits per heavy atom. The first-order chi connectivity index (χ1) is 10.1. The SMILES string of the molecule is Cc1cccc(CN(C)CC(O)CN2CCOCC2)c1C. The van der Waals surface area contributed by atoms with Crippen molar-refractivity contribution in [2.24, 2.45) is 0 Å². The Morgan fingerprint density at radius 3 is 2.71 bits per heavy atom. The zero-order valence-electron chi connectivity index (χ0n) is 13.5. The number of benzene rings is 1. The summed E-state index contributed by atoms with van der Waals surface area (Å²) in [5.41, 5.74) is 4.03. The van der Waals surface area contributed by atoms with E-state index in [2.05, 4.69) is 48.9 Å². The summed E-state index contributed by atoms with van der Waals surface area (Å²) in [6.45, 7) is 10.1. The van der Waals surface area contributed by atoms with E-state index >= 15 is 0 Å². The molecule has 118 valence electrons. The molecule has 1 aliphatic heterocycles. The van der Waals surface area contributed by atoms with Crippen molar-refractivity contribution in [3.8, 4) is 0 Å². The summed E-state index contributed by atoms with van der Waals surface area (Å²) in [5.74, 6) is 0. The second kappa shape index (κ2) is 7.90. The molecule has 1 unspecified atom stereocenters. The molecule has 0 bridgehead atoms. The first-order valence-corrected chi connectivity index (χ1v) is 7.78. The molecule has 0 aromatic heterocycles. The van der Waals surface area contributed by atoms with Gasteiger partial charge >= 0.3 is 0 Å². The summed E-state index contributed by atoms with van der Waals surface area (Å²) in [4.78, 5) is 4.48. The van der Waals surface area contributed by atoms with Crippen LogP contribution in [-0.4, -0.2) is 67.5 Å². The Kier molecular flexibility index (Phi) is 6.18. The van der Waals surface area contributed by atoms with Crippen molar-refractivity contribution in [3.63, 3.8) is 0 Å². The third-order valence-electron chi connectivity index (χ3n) is 4.25. The van der Waals surface area contributed by atoms with Gasteiger partial charge in [-0.15, -0.1) is 0 Å². The fourth-order valence-corrected chi connectivity index (χ4v) is 2.84. The van der Waals surface area contributed by atoms with Crippen molar-refractivity contribution in [2.75, 3.05) is 46.4 Å².